The SMILES string of the molecule is CC(N)C1=CCN(C(C)C)CC1. The Kier molecular flexibility index (Phi) is 3.29. The standard InChI is InChI=1S/C10H20N2/c1-8(2)12-6-4-10(5-7-12)9(3)11/h4,8-9H,5-7,11H2,1-3H3. The Morgan fingerprint density at radius 3 is 2.42 bits per heavy atom. The van der Waals surface area contributed by atoms with Crippen molar-refractivity contribution < 1.29 is 0 Å². The van der Waals surface area contributed by atoms with Gasteiger partial charge in [-0.25, -0.2) is 0 Å². The molecular formula is C10H20N2. The molecule has 0 aromatic carbocycles. The van der Waals surface area contributed by atoms with Gasteiger partial charge in [0.15, 0.2) is 0 Å². The monoisotopic (exact) mass is 168 g/mol. The van der Waals surface area contributed by atoms with Crippen molar-refractivity contribution in [2.24, 2.45) is 5.73 Å². The first-order chi connectivity index (χ1) is 5.61. The van der Waals surface area contributed by atoms with Gasteiger partial charge in [-0.2, -0.15) is 0 Å². The summed E-state index contributed by atoms with van der Waals surface area (Å²) in [6.07, 6.45) is 3.43. The number of hydrogen-bond donors (Lipinski definition) is 1. The molecule has 0 bridgehead atoms. The smallest absolute Gasteiger partial charge is 0.0225 e. The van der Waals surface area contributed by atoms with Gasteiger partial charge in [0.25, 0.3) is 0 Å². The minimum atomic E-state index is 0.249. The predicted octanol–water partition coefficient (Wildman–Crippen LogP) is 1.37. The molecule has 2 heteroatoms. The lowest BCUT2D eigenvalue weighted by atomic mass is 10.0. The van der Waals surface area contributed by atoms with Crippen LogP contribution in [0.3, 0.4) is 0 Å². The van der Waals surface area contributed by atoms with Crippen LogP contribution in [0.25, 0.3) is 0 Å². The minimum Gasteiger partial charge on any atom is -0.324 e. The minimum absolute atomic E-state index is 0.249. The molecule has 0 amide bonds. The van der Waals surface area contributed by atoms with Crippen LogP contribution in [-0.4, -0.2) is 30.1 Å². The Morgan fingerprint density at radius 1 is 1.42 bits per heavy atom. The summed E-state index contributed by atoms with van der Waals surface area (Å²) in [5.74, 6) is 0. The van der Waals surface area contributed by atoms with E-state index in [2.05, 4.69) is 31.7 Å². The summed E-state index contributed by atoms with van der Waals surface area (Å²) in [4.78, 5) is 2.46. The Morgan fingerprint density at radius 2 is 2.08 bits per heavy atom. The van der Waals surface area contributed by atoms with Gasteiger partial charge < -0.3 is 5.73 Å². The summed E-state index contributed by atoms with van der Waals surface area (Å²) in [6.45, 7) is 8.80. The maximum Gasteiger partial charge on any atom is 0.0225 e. The highest BCUT2D eigenvalue weighted by Crippen LogP contribution is 2.14. The second-order valence-corrected chi connectivity index (χ2v) is 3.91. The number of hydrogen-bond acceptors (Lipinski definition) is 2. The van der Waals surface area contributed by atoms with E-state index in [1.165, 1.54) is 12.1 Å². The van der Waals surface area contributed by atoms with Crippen molar-refractivity contribution in [2.75, 3.05) is 13.1 Å². The second kappa shape index (κ2) is 4.06. The third-order valence-electron chi connectivity index (χ3n) is 2.59. The predicted molar refractivity (Wildman–Crippen MR) is 53.1 cm³/mol. The molecule has 0 saturated carbocycles. The molecule has 0 spiro atoms. The van der Waals surface area contributed by atoms with Crippen molar-refractivity contribution in [1.82, 2.24) is 4.90 Å². The molecule has 0 aromatic heterocycles. The molecule has 0 fully saturated rings. The van der Waals surface area contributed by atoms with Crippen molar-refractivity contribution in [3.63, 3.8) is 0 Å². The van der Waals surface area contributed by atoms with Crippen LogP contribution in [0.5, 0.6) is 0 Å². The van der Waals surface area contributed by atoms with E-state index < -0.39 is 0 Å². The number of rotatable bonds is 2. The molecule has 1 atom stereocenters. The molecule has 1 aliphatic heterocycles. The normalized spacial score (nSPS) is 22.6. The summed E-state index contributed by atoms with van der Waals surface area (Å²) < 4.78 is 0. The molecule has 12 heavy (non-hydrogen) atoms. The first-order valence-electron chi connectivity index (χ1n) is 4.80. The molecule has 1 rings (SSSR count). The lowest BCUT2D eigenvalue weighted by Crippen LogP contribution is -2.37. The number of nitrogens with zero attached hydrogens (tertiary/aromatic N) is 1. The summed E-state index contributed by atoms with van der Waals surface area (Å²) in [7, 11) is 0. The largest absolute Gasteiger partial charge is 0.324 e. The quantitative estimate of drug-likeness (QED) is 0.631. The van der Waals surface area contributed by atoms with Crippen LogP contribution >= 0.6 is 0 Å². The van der Waals surface area contributed by atoms with Crippen LogP contribution in [0.15, 0.2) is 11.6 Å². The molecule has 0 aliphatic carbocycles. The van der Waals surface area contributed by atoms with Gasteiger partial charge in [0.2, 0.25) is 0 Å². The van der Waals surface area contributed by atoms with Gasteiger partial charge >= 0.3 is 0 Å². The Labute approximate surface area is 75.4 Å². The van der Waals surface area contributed by atoms with Gasteiger partial charge in [-0.3, -0.25) is 4.90 Å². The molecule has 1 heterocycles. The third kappa shape index (κ3) is 2.32. The summed E-state index contributed by atoms with van der Waals surface area (Å²) in [6, 6.07) is 0.912. The van der Waals surface area contributed by atoms with E-state index in [0.29, 0.717) is 6.04 Å². The maximum absolute atomic E-state index is 5.80. The zero-order valence-electron chi connectivity index (χ0n) is 8.38. The highest BCUT2D eigenvalue weighted by Gasteiger charge is 2.15. The first kappa shape index (κ1) is 9.75. The van der Waals surface area contributed by atoms with Crippen molar-refractivity contribution in [1.29, 1.82) is 0 Å². The van der Waals surface area contributed by atoms with Crippen LogP contribution in [0.1, 0.15) is 27.2 Å². The Hall–Kier alpha value is -0.340. The molecular weight excluding hydrogens is 148 g/mol. The van der Waals surface area contributed by atoms with Gasteiger partial charge in [0, 0.05) is 25.2 Å². The van der Waals surface area contributed by atoms with Crippen LogP contribution in [0.4, 0.5) is 0 Å². The zero-order chi connectivity index (χ0) is 9.14. The first-order valence-corrected chi connectivity index (χ1v) is 4.80. The van der Waals surface area contributed by atoms with E-state index in [0.717, 1.165) is 13.0 Å². The Bertz CT molecular complexity index is 171. The lowest BCUT2D eigenvalue weighted by Gasteiger charge is -2.30. The van der Waals surface area contributed by atoms with E-state index in [1.807, 2.05) is 0 Å². The second-order valence-electron chi connectivity index (χ2n) is 3.91. The molecule has 2 nitrogen and oxygen atoms in total. The topological polar surface area (TPSA) is 29.3 Å². The van der Waals surface area contributed by atoms with Gasteiger partial charge in [0.1, 0.15) is 0 Å². The fourth-order valence-electron chi connectivity index (χ4n) is 1.58. The number of nitrogens with two attached hydrogens (primary N) is 1. The van der Waals surface area contributed by atoms with E-state index >= 15 is 0 Å². The van der Waals surface area contributed by atoms with Crippen LogP contribution in [0.2, 0.25) is 0 Å². The summed E-state index contributed by atoms with van der Waals surface area (Å²) >= 11 is 0. The van der Waals surface area contributed by atoms with Gasteiger partial charge in [-0.1, -0.05) is 11.6 Å². The van der Waals surface area contributed by atoms with E-state index in [4.69, 9.17) is 5.73 Å². The molecule has 70 valence electrons. The van der Waals surface area contributed by atoms with Gasteiger partial charge in [0.05, 0.1) is 0 Å². The average molecular weight is 168 g/mol. The fraction of sp³-hybridized carbons (Fsp3) is 0.800. The highest BCUT2D eigenvalue weighted by molar-refractivity contribution is 5.12. The molecule has 0 aromatic rings. The molecule has 0 saturated heterocycles. The summed E-state index contributed by atoms with van der Waals surface area (Å²) in [5.41, 5.74) is 7.22. The van der Waals surface area contributed by atoms with Crippen molar-refractivity contribution in [3.8, 4) is 0 Å². The lowest BCUT2D eigenvalue weighted by molar-refractivity contribution is 0.237. The van der Waals surface area contributed by atoms with E-state index in [1.54, 1.807) is 0 Å². The van der Waals surface area contributed by atoms with Gasteiger partial charge in [-0.05, 0) is 27.2 Å². The zero-order valence-corrected chi connectivity index (χ0v) is 8.38. The molecule has 1 aliphatic rings. The van der Waals surface area contributed by atoms with E-state index in [-0.39, 0.29) is 6.04 Å². The van der Waals surface area contributed by atoms with Crippen molar-refractivity contribution in [3.05, 3.63) is 11.6 Å². The van der Waals surface area contributed by atoms with Crippen LogP contribution in [-0.2, 0) is 0 Å². The van der Waals surface area contributed by atoms with Crippen molar-refractivity contribution in [2.45, 2.75) is 39.3 Å². The van der Waals surface area contributed by atoms with Crippen molar-refractivity contribution >= 4 is 0 Å². The average Bonchev–Trinajstić information content (AvgIpc) is 2.04. The van der Waals surface area contributed by atoms with Crippen LogP contribution < -0.4 is 5.73 Å². The molecule has 0 radical (unpaired) electrons. The third-order valence-corrected chi connectivity index (χ3v) is 2.59. The maximum atomic E-state index is 5.80. The van der Waals surface area contributed by atoms with Gasteiger partial charge in [-0.15, -0.1) is 0 Å². The summed E-state index contributed by atoms with van der Waals surface area (Å²) in [5, 5.41) is 0. The molecule has 1 unspecified atom stereocenters. The van der Waals surface area contributed by atoms with Crippen LogP contribution in [0, 0.1) is 0 Å². The Balaban J connectivity index is 2.47. The highest BCUT2D eigenvalue weighted by atomic mass is 15.1. The molecule has 2 N–H and O–H groups in total. The van der Waals surface area contributed by atoms with E-state index in [9.17, 15) is 0 Å². The fourth-order valence-corrected chi connectivity index (χ4v) is 1.58.